The number of ether oxygens (including phenoxy) is 2. The summed E-state index contributed by atoms with van der Waals surface area (Å²) in [6, 6.07) is 3.54. The summed E-state index contributed by atoms with van der Waals surface area (Å²) < 4.78 is 37.4. The number of rotatable bonds is 6. The van der Waals surface area contributed by atoms with Gasteiger partial charge in [0.05, 0.1) is 7.11 Å². The number of thiol groups is 1. The van der Waals surface area contributed by atoms with E-state index in [1.165, 1.54) is 18.8 Å². The number of hydrogen-bond donors (Lipinski definition) is 3. The van der Waals surface area contributed by atoms with Gasteiger partial charge in [0, 0.05) is 31.3 Å². The van der Waals surface area contributed by atoms with Crippen LogP contribution in [0.2, 0.25) is 0 Å². The van der Waals surface area contributed by atoms with Crippen LogP contribution in [-0.2, 0) is 20.4 Å². The van der Waals surface area contributed by atoms with Gasteiger partial charge in [-0.3, -0.25) is 14.3 Å². The lowest BCUT2D eigenvalue weighted by Gasteiger charge is -2.35. The summed E-state index contributed by atoms with van der Waals surface area (Å²) >= 11 is 0. The first-order valence-corrected chi connectivity index (χ1v) is 8.73. The maximum absolute atomic E-state index is 11.3. The van der Waals surface area contributed by atoms with Crippen molar-refractivity contribution in [1.29, 1.82) is 0 Å². The minimum atomic E-state index is -2.95. The molecule has 1 unspecified atom stereocenters. The second-order valence-electron chi connectivity index (χ2n) is 5.43. The maximum atomic E-state index is 11.3. The normalized spacial score (nSPS) is 19.5. The third-order valence-electron chi connectivity index (χ3n) is 3.90. The molecule has 3 heterocycles. The fourth-order valence-electron chi connectivity index (χ4n) is 2.63. The van der Waals surface area contributed by atoms with Gasteiger partial charge in [-0.15, -0.1) is 10.2 Å². The molecule has 0 bridgehead atoms. The molecule has 10 nitrogen and oxygen atoms in total. The molecular formula is C15H18N6O4S. The highest BCUT2D eigenvalue weighted by Gasteiger charge is 2.38. The van der Waals surface area contributed by atoms with Crippen molar-refractivity contribution in [1.82, 2.24) is 25.1 Å². The fraction of sp³-hybridized carbons (Fsp3) is 0.267. The zero-order valence-electron chi connectivity index (χ0n) is 14.3. The number of dihydropyridines is 1. The first-order chi connectivity index (χ1) is 12.5. The Kier molecular flexibility index (Phi) is 4.91. The molecule has 0 aromatic carbocycles. The molecule has 2 aromatic heterocycles. The number of anilines is 1. The summed E-state index contributed by atoms with van der Waals surface area (Å²) in [5.74, 6) is 0.842. The van der Waals surface area contributed by atoms with Gasteiger partial charge in [0.15, 0.2) is 11.5 Å². The Morgan fingerprint density at radius 1 is 1.31 bits per heavy atom. The third-order valence-corrected chi connectivity index (χ3v) is 4.29. The van der Waals surface area contributed by atoms with Crippen LogP contribution in [-0.4, -0.2) is 48.1 Å². The highest BCUT2D eigenvalue weighted by Crippen LogP contribution is 2.35. The van der Waals surface area contributed by atoms with Crippen LogP contribution >= 0.6 is 0 Å². The molecule has 1 aliphatic heterocycles. The highest BCUT2D eigenvalue weighted by molar-refractivity contribution is 7.73. The fourth-order valence-corrected chi connectivity index (χ4v) is 2.94. The smallest absolute Gasteiger partial charge is 0.243 e. The predicted molar refractivity (Wildman–Crippen MR) is 95.1 cm³/mol. The van der Waals surface area contributed by atoms with Gasteiger partial charge in [0.2, 0.25) is 16.8 Å². The number of nitrogens with zero attached hydrogens (tertiary/aromatic N) is 4. The zero-order chi connectivity index (χ0) is 18.7. The molecule has 0 fully saturated rings. The molecule has 1 atom stereocenters. The number of nitrogens with one attached hydrogen (secondary N) is 2. The summed E-state index contributed by atoms with van der Waals surface area (Å²) in [6.07, 6.45) is 6.61. The van der Waals surface area contributed by atoms with E-state index in [9.17, 15) is 8.42 Å². The molecular weight excluding hydrogens is 360 g/mol. The maximum Gasteiger partial charge on any atom is 0.243 e. The molecule has 0 amide bonds. The Morgan fingerprint density at radius 2 is 2.12 bits per heavy atom. The van der Waals surface area contributed by atoms with Crippen molar-refractivity contribution in [2.75, 3.05) is 18.9 Å². The summed E-state index contributed by atoms with van der Waals surface area (Å²) in [5.41, 5.74) is 0.100. The average Bonchev–Trinajstić information content (AvgIpc) is 3.04. The van der Waals surface area contributed by atoms with Crippen molar-refractivity contribution in [2.45, 2.75) is 12.6 Å². The van der Waals surface area contributed by atoms with Crippen molar-refractivity contribution in [2.24, 2.45) is 0 Å². The van der Waals surface area contributed by atoms with Gasteiger partial charge in [-0.2, -0.15) is 0 Å². The molecule has 0 spiro atoms. The van der Waals surface area contributed by atoms with E-state index in [0.717, 1.165) is 0 Å². The standard InChI is InChI=1S/C15H18N6O4S/c1-15(25-3)12(11(24-2)6-8-17-15)21-13(10-5-4-7-16-9-10)18-19-14(21)20-26(22)23/h4-9,17,26H,1-3H3,(H,19,20,22,23). The third kappa shape index (κ3) is 3.13. The van der Waals surface area contributed by atoms with Crippen LogP contribution in [0.3, 0.4) is 0 Å². The van der Waals surface area contributed by atoms with Crippen molar-refractivity contribution >= 4 is 22.5 Å². The van der Waals surface area contributed by atoms with E-state index in [1.807, 2.05) is 0 Å². The molecule has 11 heteroatoms. The first-order valence-electron chi connectivity index (χ1n) is 7.55. The van der Waals surface area contributed by atoms with Crippen molar-refractivity contribution < 1.29 is 17.9 Å². The van der Waals surface area contributed by atoms with Gasteiger partial charge in [-0.05, 0) is 25.1 Å². The van der Waals surface area contributed by atoms with E-state index in [2.05, 4.69) is 25.2 Å². The number of aromatic nitrogens is 4. The van der Waals surface area contributed by atoms with Crippen molar-refractivity contribution in [3.05, 3.63) is 42.6 Å². The highest BCUT2D eigenvalue weighted by atomic mass is 32.2. The molecule has 0 radical (unpaired) electrons. The molecule has 2 aromatic rings. The number of methoxy groups -OCH3 is 2. The van der Waals surface area contributed by atoms with Crippen LogP contribution in [0.5, 0.6) is 0 Å². The van der Waals surface area contributed by atoms with E-state index in [-0.39, 0.29) is 5.95 Å². The van der Waals surface area contributed by atoms with Gasteiger partial charge in [-0.25, -0.2) is 8.42 Å². The monoisotopic (exact) mass is 378 g/mol. The SMILES string of the molecule is COC1=C(n2c(N[SH](=O)=O)nnc2-c2cccnc2)C(C)(OC)NC=C1. The van der Waals surface area contributed by atoms with E-state index in [1.54, 1.807) is 43.7 Å². The Labute approximate surface area is 151 Å². The van der Waals surface area contributed by atoms with Crippen LogP contribution in [0.15, 0.2) is 42.6 Å². The largest absolute Gasteiger partial charge is 0.495 e. The first kappa shape index (κ1) is 17.9. The molecule has 26 heavy (non-hydrogen) atoms. The summed E-state index contributed by atoms with van der Waals surface area (Å²) in [7, 11) is 0.0780. The second kappa shape index (κ2) is 7.14. The van der Waals surface area contributed by atoms with E-state index in [4.69, 9.17) is 9.47 Å². The lowest BCUT2D eigenvalue weighted by molar-refractivity contribution is 0.0309. The molecule has 138 valence electrons. The Balaban J connectivity index is 2.32. The summed E-state index contributed by atoms with van der Waals surface area (Å²) in [5, 5.41) is 11.2. The van der Waals surface area contributed by atoms with Crippen LogP contribution < -0.4 is 10.0 Å². The average molecular weight is 378 g/mol. The molecule has 1 aliphatic rings. The van der Waals surface area contributed by atoms with Crippen LogP contribution in [0, 0.1) is 0 Å². The molecule has 0 saturated carbocycles. The van der Waals surface area contributed by atoms with Crippen molar-refractivity contribution in [3.63, 3.8) is 0 Å². The minimum absolute atomic E-state index is 0.00453. The lowest BCUT2D eigenvalue weighted by Crippen LogP contribution is -2.46. The van der Waals surface area contributed by atoms with Crippen LogP contribution in [0.1, 0.15) is 6.92 Å². The lowest BCUT2D eigenvalue weighted by atomic mass is 10.1. The Bertz CT molecular complexity index is 929. The number of pyridine rings is 1. The summed E-state index contributed by atoms with van der Waals surface area (Å²) in [4.78, 5) is 4.08. The second-order valence-corrected chi connectivity index (χ2v) is 6.16. The topological polar surface area (TPSA) is 120 Å². The zero-order valence-corrected chi connectivity index (χ0v) is 15.2. The minimum Gasteiger partial charge on any atom is -0.495 e. The van der Waals surface area contributed by atoms with Gasteiger partial charge in [0.1, 0.15) is 11.5 Å². The van der Waals surface area contributed by atoms with E-state index in [0.29, 0.717) is 22.8 Å². The number of allylic oxidation sites excluding steroid dienone is 1. The Hall–Kier alpha value is -2.92. The van der Waals surface area contributed by atoms with Crippen LogP contribution in [0.25, 0.3) is 17.1 Å². The molecule has 3 rings (SSSR count). The van der Waals surface area contributed by atoms with E-state index < -0.39 is 16.6 Å². The summed E-state index contributed by atoms with van der Waals surface area (Å²) in [6.45, 7) is 1.78. The molecule has 0 aliphatic carbocycles. The van der Waals surface area contributed by atoms with Gasteiger partial charge >= 0.3 is 0 Å². The quantitative estimate of drug-likeness (QED) is 0.624. The van der Waals surface area contributed by atoms with Crippen LogP contribution in [0.4, 0.5) is 5.95 Å². The van der Waals surface area contributed by atoms with Crippen molar-refractivity contribution in [3.8, 4) is 11.4 Å². The predicted octanol–water partition coefficient (Wildman–Crippen LogP) is 0.573. The molecule has 0 saturated heterocycles. The molecule has 2 N–H and O–H groups in total. The van der Waals surface area contributed by atoms with Gasteiger partial charge < -0.3 is 14.8 Å². The Morgan fingerprint density at radius 3 is 2.73 bits per heavy atom. The van der Waals surface area contributed by atoms with Gasteiger partial charge in [-0.1, -0.05) is 0 Å². The van der Waals surface area contributed by atoms with Gasteiger partial charge in [0.25, 0.3) is 0 Å². The number of hydrogen-bond acceptors (Lipinski definition) is 8. The van der Waals surface area contributed by atoms with E-state index >= 15 is 0 Å².